The quantitative estimate of drug-likeness (QED) is 0.442. The summed E-state index contributed by atoms with van der Waals surface area (Å²) in [5, 5.41) is 2.51. The Morgan fingerprint density at radius 1 is 1.00 bits per heavy atom. The molecule has 1 amide bonds. The summed E-state index contributed by atoms with van der Waals surface area (Å²) in [6.07, 6.45) is 5.29. The summed E-state index contributed by atoms with van der Waals surface area (Å²) < 4.78 is 15.5. The van der Waals surface area contributed by atoms with Crippen LogP contribution in [0.1, 0.15) is 59.3 Å². The highest BCUT2D eigenvalue weighted by atomic mass is 16.6. The van der Waals surface area contributed by atoms with Crippen molar-refractivity contribution in [3.63, 3.8) is 0 Å². The number of esters is 1. The number of methoxy groups -OCH3 is 1. The fourth-order valence-electron chi connectivity index (χ4n) is 1.81. The highest BCUT2D eigenvalue weighted by Crippen LogP contribution is 2.14. The fourth-order valence-corrected chi connectivity index (χ4v) is 1.81. The molecule has 0 rings (SSSR count). The minimum absolute atomic E-state index is 0.0262. The maximum Gasteiger partial charge on any atom is 0.406 e. The van der Waals surface area contributed by atoms with Gasteiger partial charge in [-0.1, -0.05) is 39.5 Å². The molecule has 0 saturated carbocycles. The number of rotatable bonds is 12. The van der Waals surface area contributed by atoms with Gasteiger partial charge in [-0.15, -0.1) is 0 Å². The molecule has 0 aromatic rings. The van der Waals surface area contributed by atoms with E-state index in [2.05, 4.69) is 23.9 Å². The molecule has 6 nitrogen and oxygen atoms in total. The fraction of sp³-hybridized carbons (Fsp3) is 0.875. The van der Waals surface area contributed by atoms with Crippen molar-refractivity contribution in [2.75, 3.05) is 26.9 Å². The van der Waals surface area contributed by atoms with Gasteiger partial charge in [0.1, 0.15) is 0 Å². The first-order valence-electron chi connectivity index (χ1n) is 8.13. The van der Waals surface area contributed by atoms with Crippen LogP contribution in [-0.2, 0) is 19.0 Å². The zero-order valence-electron chi connectivity index (χ0n) is 14.4. The molecule has 0 bridgehead atoms. The molecule has 6 heteroatoms. The number of hydrogen-bond acceptors (Lipinski definition) is 5. The number of ether oxygens (including phenoxy) is 3. The van der Waals surface area contributed by atoms with Crippen molar-refractivity contribution in [1.29, 1.82) is 0 Å². The Balaban J connectivity index is 4.46. The van der Waals surface area contributed by atoms with E-state index in [1.165, 1.54) is 7.11 Å². The minimum atomic E-state index is -1.19. The molecule has 0 aromatic heterocycles. The second-order valence-electron chi connectivity index (χ2n) is 5.47. The van der Waals surface area contributed by atoms with E-state index in [1.807, 2.05) is 0 Å². The van der Waals surface area contributed by atoms with Gasteiger partial charge in [-0.05, 0) is 19.8 Å². The summed E-state index contributed by atoms with van der Waals surface area (Å²) in [6.45, 7) is 6.68. The lowest BCUT2D eigenvalue weighted by molar-refractivity contribution is -0.170. The van der Waals surface area contributed by atoms with Gasteiger partial charge in [0, 0.05) is 6.61 Å². The molecule has 0 fully saturated rings. The van der Waals surface area contributed by atoms with Crippen molar-refractivity contribution in [1.82, 2.24) is 5.32 Å². The molecule has 1 N–H and O–H groups in total. The summed E-state index contributed by atoms with van der Waals surface area (Å²) in [5.74, 6) is -0.448. The predicted molar refractivity (Wildman–Crippen MR) is 84.8 cm³/mol. The Bertz CT molecular complexity index is 322. The highest BCUT2D eigenvalue weighted by Gasteiger charge is 2.36. The molecule has 22 heavy (non-hydrogen) atoms. The van der Waals surface area contributed by atoms with E-state index >= 15 is 0 Å². The van der Waals surface area contributed by atoms with Gasteiger partial charge in [0.05, 0.1) is 20.3 Å². The minimum Gasteiger partial charge on any atom is -0.464 e. The highest BCUT2D eigenvalue weighted by molar-refractivity contribution is 5.80. The molecule has 0 unspecified atom stereocenters. The van der Waals surface area contributed by atoms with Gasteiger partial charge in [-0.3, -0.25) is 0 Å². The largest absolute Gasteiger partial charge is 0.464 e. The Labute approximate surface area is 133 Å². The first-order chi connectivity index (χ1) is 10.5. The van der Waals surface area contributed by atoms with E-state index in [0.29, 0.717) is 13.2 Å². The monoisotopic (exact) mass is 317 g/mol. The number of carbonyl (C=O) groups excluding carboxylic acids is 2. The Kier molecular flexibility index (Phi) is 11.5. The molecular weight excluding hydrogens is 286 g/mol. The van der Waals surface area contributed by atoms with E-state index in [4.69, 9.17) is 9.47 Å². The topological polar surface area (TPSA) is 73.9 Å². The Morgan fingerprint density at radius 3 is 2.14 bits per heavy atom. The maximum absolute atomic E-state index is 12.3. The smallest absolute Gasteiger partial charge is 0.406 e. The summed E-state index contributed by atoms with van der Waals surface area (Å²) in [7, 11) is 1.28. The number of unbranched alkanes of at least 4 members (excludes halogenated alkanes) is 4. The van der Waals surface area contributed by atoms with Crippen molar-refractivity contribution >= 4 is 12.1 Å². The van der Waals surface area contributed by atoms with Gasteiger partial charge in [-0.2, -0.15) is 0 Å². The van der Waals surface area contributed by atoms with E-state index < -0.39 is 17.7 Å². The average Bonchev–Trinajstić information content (AvgIpc) is 2.53. The van der Waals surface area contributed by atoms with Crippen molar-refractivity contribution < 1.29 is 23.8 Å². The number of hydrogen-bond donors (Lipinski definition) is 1. The van der Waals surface area contributed by atoms with Gasteiger partial charge < -0.3 is 19.5 Å². The van der Waals surface area contributed by atoms with Crippen LogP contribution < -0.4 is 5.32 Å². The van der Waals surface area contributed by atoms with Gasteiger partial charge in [0.2, 0.25) is 0 Å². The van der Waals surface area contributed by atoms with Gasteiger partial charge >= 0.3 is 12.1 Å². The summed E-state index contributed by atoms with van der Waals surface area (Å²) >= 11 is 0. The lowest BCUT2D eigenvalue weighted by Crippen LogP contribution is -2.50. The summed E-state index contributed by atoms with van der Waals surface area (Å²) in [5.41, 5.74) is -1.19. The van der Waals surface area contributed by atoms with Crippen LogP contribution in [0.25, 0.3) is 0 Å². The van der Waals surface area contributed by atoms with E-state index in [1.54, 1.807) is 6.92 Å². The van der Waals surface area contributed by atoms with Crippen LogP contribution in [0.3, 0.4) is 0 Å². The van der Waals surface area contributed by atoms with E-state index in [0.717, 1.165) is 38.5 Å². The lowest BCUT2D eigenvalue weighted by atomic mass is 10.1. The molecule has 1 atom stereocenters. The van der Waals surface area contributed by atoms with Crippen LogP contribution in [0, 0.1) is 0 Å². The van der Waals surface area contributed by atoms with Crippen LogP contribution >= 0.6 is 0 Å². The first-order valence-corrected chi connectivity index (χ1v) is 8.13. The molecular formula is C16H31NO5. The Hall–Kier alpha value is -1.30. The van der Waals surface area contributed by atoms with Crippen molar-refractivity contribution in [2.24, 2.45) is 0 Å². The third-order valence-corrected chi connectivity index (χ3v) is 3.34. The number of alkyl carbamates (subject to hydrolysis) is 1. The maximum atomic E-state index is 12.3. The molecule has 0 radical (unpaired) electrons. The zero-order chi connectivity index (χ0) is 16.8. The van der Waals surface area contributed by atoms with Crippen LogP contribution in [0.4, 0.5) is 4.79 Å². The van der Waals surface area contributed by atoms with Gasteiger partial charge in [-0.25, -0.2) is 9.59 Å². The van der Waals surface area contributed by atoms with Crippen molar-refractivity contribution in [2.45, 2.75) is 64.9 Å². The van der Waals surface area contributed by atoms with E-state index in [9.17, 15) is 9.59 Å². The zero-order valence-corrected chi connectivity index (χ0v) is 14.4. The Morgan fingerprint density at radius 2 is 1.59 bits per heavy atom. The van der Waals surface area contributed by atoms with Crippen LogP contribution in [-0.4, -0.2) is 44.5 Å². The third kappa shape index (κ3) is 8.87. The predicted octanol–water partition coefficient (Wildman–Crippen LogP) is 3.04. The van der Waals surface area contributed by atoms with Crippen molar-refractivity contribution in [3.05, 3.63) is 0 Å². The average molecular weight is 317 g/mol. The number of amides is 1. The molecule has 0 heterocycles. The standard InChI is InChI=1S/C16H31NO5/c1-5-7-9-11-21-14(18)16(3,13-17-15(19)20-4)22-12-10-8-6-2/h5-13H2,1-4H3,(H,17,19)/t16-/m0/s1. The molecule has 0 aliphatic carbocycles. The number of carbonyl (C=O) groups is 2. The molecule has 0 aliphatic heterocycles. The normalized spacial score (nSPS) is 13.3. The SMILES string of the molecule is CCCCCOC(=O)[C@](C)(CNC(=O)OC)OCCCCC. The summed E-state index contributed by atoms with van der Waals surface area (Å²) in [6, 6.07) is 0. The molecule has 0 aromatic carbocycles. The van der Waals surface area contributed by atoms with Crippen LogP contribution in [0.15, 0.2) is 0 Å². The second kappa shape index (κ2) is 12.3. The van der Waals surface area contributed by atoms with Gasteiger partial charge in [0.25, 0.3) is 0 Å². The number of nitrogens with one attached hydrogen (secondary N) is 1. The van der Waals surface area contributed by atoms with Crippen LogP contribution in [0.5, 0.6) is 0 Å². The summed E-state index contributed by atoms with van der Waals surface area (Å²) in [4.78, 5) is 23.5. The first kappa shape index (κ1) is 20.7. The van der Waals surface area contributed by atoms with Crippen LogP contribution in [0.2, 0.25) is 0 Å². The molecule has 0 aliphatic rings. The molecule has 0 saturated heterocycles. The second-order valence-corrected chi connectivity index (χ2v) is 5.47. The molecule has 0 spiro atoms. The van der Waals surface area contributed by atoms with Crippen molar-refractivity contribution in [3.8, 4) is 0 Å². The van der Waals surface area contributed by atoms with E-state index in [-0.39, 0.29) is 6.54 Å². The third-order valence-electron chi connectivity index (χ3n) is 3.34. The lowest BCUT2D eigenvalue weighted by Gasteiger charge is -2.27. The molecule has 130 valence electrons. The van der Waals surface area contributed by atoms with Gasteiger partial charge in [0.15, 0.2) is 5.60 Å².